The average Bonchev–Trinajstić information content (AvgIpc) is 2.78. The van der Waals surface area contributed by atoms with Crippen molar-refractivity contribution in [3.05, 3.63) is 102 Å². The molecule has 0 fully saturated rings. The van der Waals surface area contributed by atoms with Crippen LogP contribution in [0.2, 0.25) is 0 Å². The minimum absolute atomic E-state index is 0.0161. The minimum Gasteiger partial charge on any atom is -0.435 e. The molecule has 0 aromatic heterocycles. The number of alkyl halides is 2. The second-order valence-electron chi connectivity index (χ2n) is 7.50. The van der Waals surface area contributed by atoms with Gasteiger partial charge in [0.2, 0.25) is 0 Å². The molecular weight excluding hydrogens is 398 g/mol. The summed E-state index contributed by atoms with van der Waals surface area (Å²) >= 11 is 0. The summed E-state index contributed by atoms with van der Waals surface area (Å²) in [6.45, 7) is -0.443. The quantitative estimate of drug-likeness (QED) is 0.564. The van der Waals surface area contributed by atoms with Crippen molar-refractivity contribution in [1.29, 1.82) is 0 Å². The van der Waals surface area contributed by atoms with Crippen LogP contribution in [-0.4, -0.2) is 30.5 Å². The summed E-state index contributed by atoms with van der Waals surface area (Å²) in [5.41, 5.74) is 2.99. The highest BCUT2D eigenvalue weighted by Crippen LogP contribution is 2.22. The lowest BCUT2D eigenvalue weighted by molar-refractivity contribution is -0.705. The van der Waals surface area contributed by atoms with Crippen molar-refractivity contribution >= 4 is 5.91 Å². The van der Waals surface area contributed by atoms with Gasteiger partial charge in [-0.05, 0) is 36.8 Å². The number of nitrogens with two attached hydrogens (primary N) is 1. The maximum absolute atomic E-state index is 13.0. The zero-order valence-electron chi connectivity index (χ0n) is 17.6. The fraction of sp³-hybridized carbons (Fsp3) is 0.240. The molecule has 2 atom stereocenters. The Morgan fingerprint density at radius 3 is 2.03 bits per heavy atom. The Hall–Kier alpha value is -3.25. The Morgan fingerprint density at radius 1 is 0.903 bits per heavy atom. The van der Waals surface area contributed by atoms with E-state index < -0.39 is 6.61 Å². The second kappa shape index (κ2) is 10.7. The summed E-state index contributed by atoms with van der Waals surface area (Å²) in [7, 11) is 1.80. The molecule has 0 aliphatic rings. The first kappa shape index (κ1) is 22.4. The molecule has 2 N–H and O–H groups in total. The molecule has 3 rings (SSSR count). The van der Waals surface area contributed by atoms with Gasteiger partial charge in [-0.15, -0.1) is 0 Å². The molecule has 0 unspecified atom stereocenters. The number of carbonyl (C=O) groups is 1. The van der Waals surface area contributed by atoms with Crippen LogP contribution >= 0.6 is 0 Å². The van der Waals surface area contributed by atoms with Gasteiger partial charge >= 0.3 is 6.61 Å². The highest BCUT2D eigenvalue weighted by atomic mass is 19.3. The Morgan fingerprint density at radius 2 is 1.45 bits per heavy atom. The third-order valence-corrected chi connectivity index (χ3v) is 5.13. The van der Waals surface area contributed by atoms with Crippen molar-refractivity contribution in [3.63, 3.8) is 0 Å². The number of nitrogens with zero attached hydrogens (tertiary/aromatic N) is 1. The first-order valence-electron chi connectivity index (χ1n) is 10.2. The van der Waals surface area contributed by atoms with E-state index in [1.807, 2.05) is 72.9 Å². The number of ether oxygens (including phenoxy) is 1. The Labute approximate surface area is 181 Å². The Bertz CT molecular complexity index is 950. The summed E-state index contributed by atoms with van der Waals surface area (Å²) in [6, 6.07) is 25.7. The van der Waals surface area contributed by atoms with Crippen molar-refractivity contribution < 1.29 is 23.6 Å². The van der Waals surface area contributed by atoms with Crippen LogP contribution in [0.25, 0.3) is 0 Å². The molecule has 0 bridgehead atoms. The van der Waals surface area contributed by atoms with Crippen LogP contribution in [0, 0.1) is 0 Å². The number of amides is 1. The van der Waals surface area contributed by atoms with Crippen LogP contribution in [0.3, 0.4) is 0 Å². The van der Waals surface area contributed by atoms with Gasteiger partial charge in [-0.25, -0.2) is 0 Å². The summed E-state index contributed by atoms with van der Waals surface area (Å²) < 4.78 is 29.4. The van der Waals surface area contributed by atoms with E-state index in [9.17, 15) is 13.6 Å². The van der Waals surface area contributed by atoms with Gasteiger partial charge in [-0.3, -0.25) is 4.79 Å². The third kappa shape index (κ3) is 6.36. The number of halogens is 2. The predicted octanol–water partition coefficient (Wildman–Crippen LogP) is 3.99. The largest absolute Gasteiger partial charge is 0.435 e. The second-order valence-corrected chi connectivity index (χ2v) is 7.50. The summed E-state index contributed by atoms with van der Waals surface area (Å²) in [6.07, 6.45) is 0. The number of quaternary nitrogens is 1. The smallest absolute Gasteiger partial charge is 0.387 e. The molecule has 0 saturated carbocycles. The molecule has 0 aliphatic carbocycles. The first-order valence-corrected chi connectivity index (χ1v) is 10.2. The lowest BCUT2D eigenvalue weighted by atomic mass is 9.97. The maximum Gasteiger partial charge on any atom is 0.387 e. The minimum atomic E-state index is -2.86. The van der Waals surface area contributed by atoms with Gasteiger partial charge in [0.15, 0.2) is 6.04 Å². The van der Waals surface area contributed by atoms with Crippen molar-refractivity contribution in [2.75, 3.05) is 7.05 Å². The molecule has 0 aliphatic heterocycles. The van der Waals surface area contributed by atoms with E-state index in [0.29, 0.717) is 6.54 Å². The summed E-state index contributed by atoms with van der Waals surface area (Å²) in [4.78, 5) is 14.7. The lowest BCUT2D eigenvalue weighted by Gasteiger charge is -2.24. The highest BCUT2D eigenvalue weighted by molar-refractivity contribution is 5.79. The zero-order chi connectivity index (χ0) is 22.2. The Kier molecular flexibility index (Phi) is 7.73. The molecule has 0 radical (unpaired) electrons. The zero-order valence-corrected chi connectivity index (χ0v) is 17.6. The number of rotatable bonds is 9. The van der Waals surface area contributed by atoms with Crippen molar-refractivity contribution in [1.82, 2.24) is 4.90 Å². The van der Waals surface area contributed by atoms with Crippen molar-refractivity contribution in [2.45, 2.75) is 32.2 Å². The van der Waals surface area contributed by atoms with Gasteiger partial charge < -0.3 is 15.0 Å². The molecule has 162 valence electrons. The molecule has 31 heavy (non-hydrogen) atoms. The fourth-order valence-electron chi connectivity index (χ4n) is 3.59. The molecule has 6 heteroatoms. The predicted molar refractivity (Wildman–Crippen MR) is 116 cm³/mol. The number of hydrogen-bond donors (Lipinski definition) is 1. The maximum atomic E-state index is 13.0. The van der Waals surface area contributed by atoms with Gasteiger partial charge in [0.05, 0.1) is 0 Å². The van der Waals surface area contributed by atoms with Crippen LogP contribution in [0.15, 0.2) is 84.9 Å². The molecule has 1 amide bonds. The van der Waals surface area contributed by atoms with E-state index in [4.69, 9.17) is 0 Å². The number of likely N-dealkylation sites (N-methyl/N-ethyl adjacent to an activating group) is 1. The van der Waals surface area contributed by atoms with Crippen LogP contribution in [0.5, 0.6) is 5.75 Å². The van der Waals surface area contributed by atoms with E-state index in [-0.39, 0.29) is 23.7 Å². The summed E-state index contributed by atoms with van der Waals surface area (Å²) in [5.74, 6) is 0.125. The first-order chi connectivity index (χ1) is 14.9. The van der Waals surface area contributed by atoms with E-state index in [2.05, 4.69) is 4.74 Å². The molecule has 0 spiro atoms. The normalized spacial score (nSPS) is 12.9. The van der Waals surface area contributed by atoms with E-state index in [1.54, 1.807) is 24.1 Å². The SMILES string of the molecule is C[C@H]([NH2+][C@H](c1ccccc1)c1ccc(OC(F)F)cc1)C(=O)N(C)Cc1ccccc1. The molecule has 4 nitrogen and oxygen atoms in total. The number of benzene rings is 3. The van der Waals surface area contributed by atoms with E-state index >= 15 is 0 Å². The lowest BCUT2D eigenvalue weighted by Crippen LogP contribution is -2.92. The Balaban J connectivity index is 1.76. The van der Waals surface area contributed by atoms with Gasteiger partial charge in [0, 0.05) is 24.7 Å². The number of hydrogen-bond acceptors (Lipinski definition) is 2. The van der Waals surface area contributed by atoms with E-state index in [0.717, 1.165) is 16.7 Å². The molecular formula is C25H27F2N2O2+. The van der Waals surface area contributed by atoms with Crippen LogP contribution in [0.1, 0.15) is 29.7 Å². The topological polar surface area (TPSA) is 46.1 Å². The van der Waals surface area contributed by atoms with Gasteiger partial charge in [0.25, 0.3) is 5.91 Å². The standard InChI is InChI=1S/C25H26F2N2O2/c1-18(24(30)29(2)17-19-9-5-3-6-10-19)28-23(20-11-7-4-8-12-20)21-13-15-22(16-14-21)31-25(26)27/h3-16,18,23,25,28H,17H2,1-2H3/p+1/t18-,23+/m0/s1. The average molecular weight is 425 g/mol. The monoisotopic (exact) mass is 425 g/mol. The highest BCUT2D eigenvalue weighted by Gasteiger charge is 2.27. The van der Waals surface area contributed by atoms with Gasteiger partial charge in [-0.2, -0.15) is 8.78 Å². The molecule has 3 aromatic rings. The van der Waals surface area contributed by atoms with Crippen molar-refractivity contribution in [2.24, 2.45) is 0 Å². The van der Waals surface area contributed by atoms with E-state index in [1.165, 1.54) is 12.1 Å². The van der Waals surface area contributed by atoms with Crippen LogP contribution < -0.4 is 10.1 Å². The molecule has 0 heterocycles. The van der Waals surface area contributed by atoms with Gasteiger partial charge in [0.1, 0.15) is 11.8 Å². The molecule has 3 aromatic carbocycles. The van der Waals surface area contributed by atoms with Gasteiger partial charge in [-0.1, -0.05) is 60.7 Å². The number of carbonyl (C=O) groups excluding carboxylic acids is 1. The van der Waals surface area contributed by atoms with Crippen molar-refractivity contribution in [3.8, 4) is 5.75 Å². The third-order valence-electron chi connectivity index (χ3n) is 5.13. The molecule has 0 saturated heterocycles. The fourth-order valence-corrected chi connectivity index (χ4v) is 3.59. The van der Waals surface area contributed by atoms with Crippen LogP contribution in [-0.2, 0) is 11.3 Å². The summed E-state index contributed by atoms with van der Waals surface area (Å²) in [5, 5.41) is 2.00. The van der Waals surface area contributed by atoms with Crippen LogP contribution in [0.4, 0.5) is 8.78 Å².